The van der Waals surface area contributed by atoms with Crippen LogP contribution in [0.1, 0.15) is 21.6 Å². The fourth-order valence-corrected chi connectivity index (χ4v) is 5.76. The van der Waals surface area contributed by atoms with E-state index >= 15 is 0 Å². The van der Waals surface area contributed by atoms with Crippen LogP contribution in [0.2, 0.25) is 5.02 Å². The van der Waals surface area contributed by atoms with Gasteiger partial charge in [0.1, 0.15) is 5.69 Å². The summed E-state index contributed by atoms with van der Waals surface area (Å²) in [5.41, 5.74) is 5.12. The lowest BCUT2D eigenvalue weighted by atomic mass is 10.1. The Morgan fingerprint density at radius 2 is 1.64 bits per heavy atom. The van der Waals surface area contributed by atoms with E-state index in [4.69, 9.17) is 18.0 Å². The Hall–Kier alpha value is -3.78. The van der Waals surface area contributed by atoms with Crippen molar-refractivity contribution in [2.24, 2.45) is 0 Å². The Bertz CT molecular complexity index is 1530. The molecule has 0 aliphatic carbocycles. The van der Waals surface area contributed by atoms with Crippen LogP contribution < -0.4 is 0 Å². The van der Waals surface area contributed by atoms with Gasteiger partial charge in [0.25, 0.3) is 0 Å². The van der Waals surface area contributed by atoms with E-state index in [1.807, 2.05) is 83.4 Å². The zero-order valence-electron chi connectivity index (χ0n) is 17.5. The predicted octanol–water partition coefficient (Wildman–Crippen LogP) is 7.42. The molecule has 2 aromatic heterocycles. The van der Waals surface area contributed by atoms with Gasteiger partial charge in [-0.3, -0.25) is 0 Å². The van der Waals surface area contributed by atoms with Crippen molar-refractivity contribution >= 4 is 39.1 Å². The molecule has 0 bridgehead atoms. The Balaban J connectivity index is 1.88. The van der Waals surface area contributed by atoms with Crippen LogP contribution in [-0.4, -0.2) is 15.6 Å². The summed E-state index contributed by atoms with van der Waals surface area (Å²) in [6.07, 6.45) is 6.03. The molecule has 0 amide bonds. The summed E-state index contributed by atoms with van der Waals surface area (Å²) in [7, 11) is 0. The van der Waals surface area contributed by atoms with Crippen LogP contribution in [-0.2, 0) is 6.54 Å². The van der Waals surface area contributed by atoms with E-state index in [1.165, 1.54) is 11.3 Å². The third-order valence-electron chi connectivity index (χ3n) is 5.56. The Labute approximate surface area is 200 Å². The number of fused-ring (bicyclic) bond motifs is 1. The molecule has 0 aliphatic rings. The molecule has 5 rings (SSSR count). The summed E-state index contributed by atoms with van der Waals surface area (Å²) in [6, 6.07) is 27.0. The Morgan fingerprint density at radius 1 is 0.970 bits per heavy atom. The molecule has 0 fully saturated rings. The summed E-state index contributed by atoms with van der Waals surface area (Å²) < 4.78 is 2.69. The molecule has 0 aliphatic heterocycles. The number of benzene rings is 3. The van der Waals surface area contributed by atoms with Crippen molar-refractivity contribution in [3.63, 3.8) is 0 Å². The van der Waals surface area contributed by atoms with Gasteiger partial charge < -0.3 is 9.67 Å². The lowest BCUT2D eigenvalue weighted by Gasteiger charge is -2.11. The van der Waals surface area contributed by atoms with Crippen molar-refractivity contribution in [1.82, 2.24) is 4.57 Å². The maximum Gasteiger partial charge on any atom is 0.353 e. The van der Waals surface area contributed by atoms with Gasteiger partial charge in [0.05, 0.1) is 20.7 Å². The van der Waals surface area contributed by atoms with Gasteiger partial charge in [-0.05, 0) is 28.8 Å². The van der Waals surface area contributed by atoms with E-state index in [0.717, 1.165) is 31.8 Å². The van der Waals surface area contributed by atoms with Crippen LogP contribution >= 0.6 is 22.9 Å². The molecule has 0 atom stereocenters. The van der Waals surface area contributed by atoms with Crippen molar-refractivity contribution in [2.75, 3.05) is 0 Å². The van der Waals surface area contributed by atoms with Crippen molar-refractivity contribution in [2.45, 2.75) is 6.54 Å². The van der Waals surface area contributed by atoms with Gasteiger partial charge in [-0.1, -0.05) is 90.3 Å². The fourth-order valence-electron chi connectivity index (χ4n) is 4.20. The number of hydrogen-bond donors (Lipinski definition) is 1. The zero-order chi connectivity index (χ0) is 22.9. The first-order chi connectivity index (χ1) is 16.1. The van der Waals surface area contributed by atoms with Gasteiger partial charge in [0.2, 0.25) is 0 Å². The number of carbonyl (C=O) groups is 1. The predicted molar refractivity (Wildman–Crippen MR) is 136 cm³/mol. The number of nitrogens with zero attached hydrogens (tertiary/aromatic N) is 1. The van der Waals surface area contributed by atoms with Crippen LogP contribution in [0, 0.1) is 12.3 Å². The van der Waals surface area contributed by atoms with Gasteiger partial charge in [-0.25, -0.2) is 4.79 Å². The van der Waals surface area contributed by atoms with E-state index in [1.54, 1.807) is 6.07 Å². The van der Waals surface area contributed by atoms with E-state index in [-0.39, 0.29) is 5.69 Å². The van der Waals surface area contributed by atoms with Crippen LogP contribution in [0.3, 0.4) is 0 Å². The number of terminal acetylenes is 1. The number of aromatic carboxylic acids is 1. The number of aromatic nitrogens is 1. The van der Waals surface area contributed by atoms with Crippen molar-refractivity contribution < 1.29 is 9.90 Å². The number of carboxylic acid groups (broad SMARTS) is 1. The monoisotopic (exact) mass is 467 g/mol. The average Bonchev–Trinajstić information content (AvgIpc) is 3.35. The maximum atomic E-state index is 12.6. The minimum Gasteiger partial charge on any atom is -0.477 e. The lowest BCUT2D eigenvalue weighted by molar-refractivity contribution is 0.0687. The van der Waals surface area contributed by atoms with Crippen molar-refractivity contribution in [3.8, 4) is 33.9 Å². The first kappa shape index (κ1) is 21.1. The fraction of sp³-hybridized carbons (Fsp3) is 0.0357. The Morgan fingerprint density at radius 3 is 2.24 bits per heavy atom. The second kappa shape index (κ2) is 8.63. The van der Waals surface area contributed by atoms with Crippen LogP contribution in [0.15, 0.2) is 84.9 Å². The van der Waals surface area contributed by atoms with Crippen LogP contribution in [0.5, 0.6) is 0 Å². The number of rotatable bonds is 5. The number of halogens is 1. The summed E-state index contributed by atoms with van der Waals surface area (Å²) in [4.78, 5) is 13.6. The molecule has 0 saturated heterocycles. The third-order valence-corrected chi connectivity index (χ3v) is 7.04. The highest BCUT2D eigenvalue weighted by atomic mass is 35.5. The highest BCUT2D eigenvalue weighted by molar-refractivity contribution is 7.23. The van der Waals surface area contributed by atoms with E-state index in [9.17, 15) is 9.90 Å². The summed E-state index contributed by atoms with van der Waals surface area (Å²) in [6.45, 7) is 0.338. The molecule has 5 heteroatoms. The van der Waals surface area contributed by atoms with Gasteiger partial charge in [-0.15, -0.1) is 17.8 Å². The van der Waals surface area contributed by atoms with Gasteiger partial charge in [-0.2, -0.15) is 0 Å². The second-order valence-corrected chi connectivity index (χ2v) is 9.06. The van der Waals surface area contributed by atoms with Gasteiger partial charge in [0, 0.05) is 17.1 Å². The molecule has 0 saturated carbocycles. The average molecular weight is 468 g/mol. The highest BCUT2D eigenvalue weighted by Crippen LogP contribution is 2.46. The molecule has 2 heterocycles. The minimum atomic E-state index is -0.997. The maximum absolute atomic E-state index is 12.6. The Kier molecular flexibility index (Phi) is 5.51. The smallest absolute Gasteiger partial charge is 0.353 e. The van der Waals surface area contributed by atoms with Gasteiger partial charge >= 0.3 is 5.97 Å². The summed E-state index contributed by atoms with van der Waals surface area (Å²) >= 11 is 7.76. The lowest BCUT2D eigenvalue weighted by Crippen LogP contribution is -2.11. The second-order valence-electron chi connectivity index (χ2n) is 7.61. The largest absolute Gasteiger partial charge is 0.477 e. The molecule has 1 N–H and O–H groups in total. The van der Waals surface area contributed by atoms with Crippen molar-refractivity contribution in [1.29, 1.82) is 0 Å². The standard InChI is InChI=1S/C28H18ClNO2S/c1-2-22-24-27(33-26(22)20-13-7-4-8-14-20)23(19-11-5-3-6-12-19)25(28(31)32)30(24)17-18-10-9-15-21(29)16-18/h1,3-16H,17H2,(H,31,32). The first-order valence-corrected chi connectivity index (χ1v) is 11.5. The normalized spacial score (nSPS) is 10.9. The molecule has 5 aromatic rings. The molecule has 3 aromatic carbocycles. The third kappa shape index (κ3) is 3.72. The molecular formula is C28H18ClNO2S. The SMILES string of the molecule is C#Cc1c(-c2ccccc2)sc2c(-c3ccccc3)c(C(=O)O)n(Cc3cccc(Cl)c3)c12. The number of thiophene rings is 1. The molecule has 160 valence electrons. The molecule has 0 radical (unpaired) electrons. The van der Waals surface area contributed by atoms with E-state index in [2.05, 4.69) is 5.92 Å². The highest BCUT2D eigenvalue weighted by Gasteiger charge is 2.28. The molecule has 0 spiro atoms. The van der Waals surface area contributed by atoms with E-state index < -0.39 is 5.97 Å². The van der Waals surface area contributed by atoms with Gasteiger partial charge in [0.15, 0.2) is 0 Å². The van der Waals surface area contributed by atoms with Crippen LogP contribution in [0.4, 0.5) is 0 Å². The molecule has 0 unspecified atom stereocenters. The topological polar surface area (TPSA) is 42.2 Å². The quantitative estimate of drug-likeness (QED) is 0.273. The zero-order valence-corrected chi connectivity index (χ0v) is 19.0. The summed E-state index contributed by atoms with van der Waals surface area (Å²) in [5.74, 6) is 1.86. The van der Waals surface area contributed by atoms with Crippen LogP contribution in [0.25, 0.3) is 31.8 Å². The minimum absolute atomic E-state index is 0.221. The summed E-state index contributed by atoms with van der Waals surface area (Å²) in [5, 5.41) is 10.9. The first-order valence-electron chi connectivity index (χ1n) is 10.3. The number of hydrogen-bond acceptors (Lipinski definition) is 2. The number of carboxylic acids is 1. The molecule has 3 nitrogen and oxygen atoms in total. The molecule has 33 heavy (non-hydrogen) atoms. The van der Waals surface area contributed by atoms with Crippen molar-refractivity contribution in [3.05, 3.63) is 107 Å². The molecular weight excluding hydrogens is 450 g/mol. The van der Waals surface area contributed by atoms with E-state index in [0.29, 0.717) is 22.7 Å².